The molecule has 1 amide bonds. The Hall–Kier alpha value is -0.970. The fourth-order valence-electron chi connectivity index (χ4n) is 1.22. The summed E-state index contributed by atoms with van der Waals surface area (Å²) in [5.74, 6) is -0.105. The Morgan fingerprint density at radius 2 is 2.06 bits per heavy atom. The number of hydrogen-bond acceptors (Lipinski definition) is 3. The van der Waals surface area contributed by atoms with E-state index in [1.54, 1.807) is 12.1 Å². The highest BCUT2D eigenvalue weighted by Gasteiger charge is 2.14. The lowest BCUT2D eigenvalue weighted by Gasteiger charge is -2.11. The molecular formula is C10H12Cl2N2O2. The van der Waals surface area contributed by atoms with E-state index in [-0.39, 0.29) is 6.42 Å². The molecule has 0 bridgehead atoms. The first-order valence-electron chi connectivity index (χ1n) is 4.52. The second-order valence-corrected chi connectivity index (χ2v) is 4.11. The molecule has 1 rings (SSSR count). The van der Waals surface area contributed by atoms with E-state index in [1.807, 2.05) is 0 Å². The number of carbonyl (C=O) groups is 1. The molecule has 0 radical (unpaired) electrons. The fraction of sp³-hybridized carbons (Fsp3) is 0.300. The first-order chi connectivity index (χ1) is 7.45. The van der Waals surface area contributed by atoms with Gasteiger partial charge >= 0.3 is 0 Å². The highest BCUT2D eigenvalue weighted by Crippen LogP contribution is 2.31. The van der Waals surface area contributed by atoms with Crippen LogP contribution in [0.1, 0.15) is 5.56 Å². The van der Waals surface area contributed by atoms with Crippen molar-refractivity contribution in [1.29, 1.82) is 0 Å². The van der Waals surface area contributed by atoms with Gasteiger partial charge in [0.15, 0.2) is 0 Å². The molecule has 16 heavy (non-hydrogen) atoms. The van der Waals surface area contributed by atoms with Crippen LogP contribution in [0.25, 0.3) is 0 Å². The van der Waals surface area contributed by atoms with Crippen LogP contribution in [-0.2, 0) is 11.2 Å². The van der Waals surface area contributed by atoms with Crippen molar-refractivity contribution < 1.29 is 9.53 Å². The Kier molecular flexibility index (Phi) is 4.41. The number of benzene rings is 1. The Labute approximate surface area is 103 Å². The normalized spacial score (nSPS) is 12.2. The molecule has 4 nitrogen and oxygen atoms in total. The molecule has 0 aromatic heterocycles. The third-order valence-corrected chi connectivity index (χ3v) is 2.77. The summed E-state index contributed by atoms with van der Waals surface area (Å²) in [6.45, 7) is 0. The van der Waals surface area contributed by atoms with Crippen molar-refractivity contribution in [3.05, 3.63) is 27.7 Å². The molecular weight excluding hydrogens is 251 g/mol. The first kappa shape index (κ1) is 13.1. The summed E-state index contributed by atoms with van der Waals surface area (Å²) in [7, 11) is 1.49. The van der Waals surface area contributed by atoms with Gasteiger partial charge in [-0.15, -0.1) is 0 Å². The lowest BCUT2D eigenvalue weighted by molar-refractivity contribution is -0.119. The van der Waals surface area contributed by atoms with Gasteiger partial charge in [-0.25, -0.2) is 0 Å². The molecule has 1 atom stereocenters. The third kappa shape index (κ3) is 3.01. The Morgan fingerprint density at radius 1 is 1.44 bits per heavy atom. The van der Waals surface area contributed by atoms with Gasteiger partial charge in [-0.2, -0.15) is 0 Å². The summed E-state index contributed by atoms with van der Waals surface area (Å²) >= 11 is 11.9. The fourth-order valence-corrected chi connectivity index (χ4v) is 1.71. The van der Waals surface area contributed by atoms with Gasteiger partial charge in [0.25, 0.3) is 0 Å². The Bertz CT molecular complexity index is 410. The minimum Gasteiger partial charge on any atom is -0.495 e. The second kappa shape index (κ2) is 5.39. The van der Waals surface area contributed by atoms with E-state index in [1.165, 1.54) is 7.11 Å². The first-order valence-corrected chi connectivity index (χ1v) is 5.28. The lowest BCUT2D eigenvalue weighted by atomic mass is 10.1. The molecule has 1 aromatic carbocycles. The van der Waals surface area contributed by atoms with Gasteiger partial charge in [-0.3, -0.25) is 4.79 Å². The van der Waals surface area contributed by atoms with Gasteiger partial charge in [0.1, 0.15) is 5.75 Å². The van der Waals surface area contributed by atoms with Gasteiger partial charge in [0, 0.05) is 11.1 Å². The van der Waals surface area contributed by atoms with E-state index in [0.717, 1.165) is 0 Å². The van der Waals surface area contributed by atoms with E-state index < -0.39 is 11.9 Å². The summed E-state index contributed by atoms with van der Waals surface area (Å²) in [6, 6.07) is 2.42. The minimum atomic E-state index is -0.776. The molecule has 6 heteroatoms. The van der Waals surface area contributed by atoms with Crippen LogP contribution >= 0.6 is 23.2 Å². The molecule has 0 heterocycles. The van der Waals surface area contributed by atoms with Gasteiger partial charge in [-0.1, -0.05) is 23.2 Å². The molecule has 0 fully saturated rings. The van der Waals surface area contributed by atoms with E-state index in [9.17, 15) is 4.79 Å². The van der Waals surface area contributed by atoms with Crippen LogP contribution < -0.4 is 16.2 Å². The second-order valence-electron chi connectivity index (χ2n) is 3.29. The maximum atomic E-state index is 10.8. The van der Waals surface area contributed by atoms with Crippen LogP contribution in [0, 0.1) is 0 Å². The summed E-state index contributed by atoms with van der Waals surface area (Å²) in [5.41, 5.74) is 11.3. The minimum absolute atomic E-state index is 0.248. The van der Waals surface area contributed by atoms with E-state index in [0.29, 0.717) is 21.4 Å². The zero-order valence-electron chi connectivity index (χ0n) is 8.67. The monoisotopic (exact) mass is 262 g/mol. The number of carbonyl (C=O) groups excluding carboxylic acids is 1. The highest BCUT2D eigenvalue weighted by molar-refractivity contribution is 6.34. The van der Waals surface area contributed by atoms with Crippen molar-refractivity contribution in [2.75, 3.05) is 7.11 Å². The van der Waals surface area contributed by atoms with Crippen LogP contribution in [0.2, 0.25) is 10.0 Å². The smallest absolute Gasteiger partial charge is 0.234 e. The number of rotatable bonds is 4. The topological polar surface area (TPSA) is 78.3 Å². The van der Waals surface area contributed by atoms with Gasteiger partial charge < -0.3 is 16.2 Å². The average Bonchev–Trinajstić information content (AvgIpc) is 2.22. The Morgan fingerprint density at radius 3 is 2.56 bits per heavy atom. The van der Waals surface area contributed by atoms with Crippen molar-refractivity contribution in [2.45, 2.75) is 12.5 Å². The van der Waals surface area contributed by atoms with Crippen molar-refractivity contribution in [1.82, 2.24) is 0 Å². The van der Waals surface area contributed by atoms with E-state index in [2.05, 4.69) is 0 Å². The largest absolute Gasteiger partial charge is 0.495 e. The molecule has 0 spiro atoms. The van der Waals surface area contributed by atoms with Crippen molar-refractivity contribution in [3.63, 3.8) is 0 Å². The molecule has 0 aliphatic rings. The van der Waals surface area contributed by atoms with Gasteiger partial charge in [-0.05, 0) is 18.1 Å². The maximum Gasteiger partial charge on any atom is 0.234 e. The number of nitrogens with two attached hydrogens (primary N) is 2. The van der Waals surface area contributed by atoms with Crippen LogP contribution in [0.15, 0.2) is 12.1 Å². The quantitative estimate of drug-likeness (QED) is 0.860. The summed E-state index contributed by atoms with van der Waals surface area (Å²) in [4.78, 5) is 10.8. The van der Waals surface area contributed by atoms with Crippen LogP contribution in [0.5, 0.6) is 5.75 Å². The molecule has 0 saturated carbocycles. The van der Waals surface area contributed by atoms with Crippen molar-refractivity contribution >= 4 is 29.1 Å². The van der Waals surface area contributed by atoms with Crippen LogP contribution in [0.4, 0.5) is 0 Å². The molecule has 1 aromatic rings. The number of methoxy groups -OCH3 is 1. The molecule has 0 aliphatic carbocycles. The highest BCUT2D eigenvalue weighted by atomic mass is 35.5. The maximum absolute atomic E-state index is 10.8. The molecule has 0 saturated heterocycles. The zero-order chi connectivity index (χ0) is 12.3. The van der Waals surface area contributed by atoms with Crippen LogP contribution in [-0.4, -0.2) is 19.1 Å². The summed E-state index contributed by atoms with van der Waals surface area (Å²) < 4.78 is 4.99. The molecule has 88 valence electrons. The number of primary amides is 1. The predicted octanol–water partition coefficient (Wildman–Crippen LogP) is 1.36. The molecule has 4 N–H and O–H groups in total. The third-order valence-electron chi connectivity index (χ3n) is 2.13. The summed E-state index contributed by atoms with van der Waals surface area (Å²) in [5, 5.41) is 0.858. The van der Waals surface area contributed by atoms with E-state index in [4.69, 9.17) is 39.4 Å². The number of halogens is 2. The standard InChI is InChI=1S/C10H12Cl2N2O2/c1-16-9-4-6(11)5(2-7(9)12)3-8(13)10(14)15/h2,4,8H,3,13H2,1H3,(H2,14,15). The number of amides is 1. The zero-order valence-corrected chi connectivity index (χ0v) is 10.2. The molecule has 1 unspecified atom stereocenters. The van der Waals surface area contributed by atoms with Crippen LogP contribution in [0.3, 0.4) is 0 Å². The SMILES string of the molecule is COc1cc(Cl)c(CC(N)C(N)=O)cc1Cl. The average molecular weight is 263 g/mol. The predicted molar refractivity (Wildman–Crippen MR) is 63.9 cm³/mol. The Balaban J connectivity index is 2.98. The van der Waals surface area contributed by atoms with E-state index >= 15 is 0 Å². The summed E-state index contributed by atoms with van der Waals surface area (Å²) in [6.07, 6.45) is 0.248. The number of ether oxygens (including phenoxy) is 1. The van der Waals surface area contributed by atoms with Crippen molar-refractivity contribution in [3.8, 4) is 5.75 Å². The van der Waals surface area contributed by atoms with Gasteiger partial charge in [0.05, 0.1) is 18.2 Å². The number of hydrogen-bond donors (Lipinski definition) is 2. The molecule has 0 aliphatic heterocycles. The van der Waals surface area contributed by atoms with Crippen molar-refractivity contribution in [2.24, 2.45) is 11.5 Å². The van der Waals surface area contributed by atoms with Gasteiger partial charge in [0.2, 0.25) is 5.91 Å². The lowest BCUT2D eigenvalue weighted by Crippen LogP contribution is -2.38.